The summed E-state index contributed by atoms with van der Waals surface area (Å²) in [6, 6.07) is 8.66. The van der Waals surface area contributed by atoms with E-state index in [-0.39, 0.29) is 26.1 Å². The van der Waals surface area contributed by atoms with Crippen LogP contribution >= 0.6 is 0 Å². The zero-order valence-electron chi connectivity index (χ0n) is 14.1. The maximum absolute atomic E-state index is 11.9. The summed E-state index contributed by atoms with van der Waals surface area (Å²) < 4.78 is 10.4. The predicted molar refractivity (Wildman–Crippen MR) is 84.9 cm³/mol. The highest BCUT2D eigenvalue weighted by Crippen LogP contribution is 2.17. The Labute approximate surface area is 141 Å². The first-order valence-electron chi connectivity index (χ1n) is 7.88. The smallest absolute Gasteiger partial charge is 0.338 e. The second kappa shape index (κ2) is 9.70. The van der Waals surface area contributed by atoms with Crippen LogP contribution in [0.4, 0.5) is 0 Å². The van der Waals surface area contributed by atoms with Crippen molar-refractivity contribution in [2.75, 3.05) is 13.2 Å². The van der Waals surface area contributed by atoms with Gasteiger partial charge < -0.3 is 19.4 Å². The zero-order valence-corrected chi connectivity index (χ0v) is 14.1. The number of rotatable bonds is 10. The number of benzene rings is 1. The van der Waals surface area contributed by atoms with Crippen molar-refractivity contribution >= 4 is 17.9 Å². The summed E-state index contributed by atoms with van der Waals surface area (Å²) in [5, 5.41) is 10.3. The lowest BCUT2D eigenvalue weighted by Crippen LogP contribution is -2.28. The van der Waals surface area contributed by atoms with Crippen molar-refractivity contribution in [1.82, 2.24) is 0 Å². The normalized spacial score (nSPS) is 10.9. The molecule has 0 atom stereocenters. The van der Waals surface area contributed by atoms with Crippen molar-refractivity contribution < 1.29 is 29.0 Å². The highest BCUT2D eigenvalue weighted by molar-refractivity contribution is 5.89. The zero-order chi connectivity index (χ0) is 18.0. The van der Waals surface area contributed by atoms with Gasteiger partial charge in [0, 0.05) is 17.8 Å². The van der Waals surface area contributed by atoms with Gasteiger partial charge in [0.15, 0.2) is 0 Å². The first kappa shape index (κ1) is 19.7. The summed E-state index contributed by atoms with van der Waals surface area (Å²) in [7, 11) is 0. The highest BCUT2D eigenvalue weighted by atomic mass is 16.5. The number of esters is 2. The molecule has 0 aromatic heterocycles. The topological polar surface area (TPSA) is 92.7 Å². The van der Waals surface area contributed by atoms with Crippen LogP contribution in [0.1, 0.15) is 49.9 Å². The summed E-state index contributed by atoms with van der Waals surface area (Å²) in [5.74, 6) is -1.93. The first-order valence-corrected chi connectivity index (χ1v) is 7.88. The fraction of sp³-hybridized carbons (Fsp3) is 0.500. The number of hydrogen-bond donors (Lipinski definition) is 0. The third kappa shape index (κ3) is 8.31. The molecule has 0 N–H and O–H groups in total. The van der Waals surface area contributed by atoms with Crippen molar-refractivity contribution in [2.45, 2.75) is 39.5 Å². The van der Waals surface area contributed by atoms with Gasteiger partial charge >= 0.3 is 11.9 Å². The van der Waals surface area contributed by atoms with Gasteiger partial charge in [0.05, 0.1) is 18.8 Å². The Balaban J connectivity index is 2.26. The van der Waals surface area contributed by atoms with Crippen LogP contribution in [0.5, 0.6) is 0 Å². The molecule has 6 heteroatoms. The van der Waals surface area contributed by atoms with Gasteiger partial charge in [-0.3, -0.25) is 4.79 Å². The van der Waals surface area contributed by atoms with Gasteiger partial charge in [-0.05, 0) is 31.4 Å². The molecule has 0 aliphatic rings. The van der Waals surface area contributed by atoms with Crippen LogP contribution in [-0.4, -0.2) is 31.1 Å². The second-order valence-electron chi connectivity index (χ2n) is 6.35. The van der Waals surface area contributed by atoms with Gasteiger partial charge in [-0.15, -0.1) is 0 Å². The molecule has 0 spiro atoms. The van der Waals surface area contributed by atoms with Gasteiger partial charge in [0.1, 0.15) is 0 Å². The Kier molecular flexibility index (Phi) is 7.95. The first-order chi connectivity index (χ1) is 11.3. The molecule has 0 saturated carbocycles. The lowest BCUT2D eigenvalue weighted by atomic mass is 9.96. The van der Waals surface area contributed by atoms with E-state index in [4.69, 9.17) is 9.47 Å². The lowest BCUT2D eigenvalue weighted by Gasteiger charge is -2.23. The fourth-order valence-electron chi connectivity index (χ4n) is 1.85. The molecule has 0 bridgehead atoms. The average Bonchev–Trinajstić information content (AvgIpc) is 2.55. The minimum absolute atomic E-state index is 0.0613. The highest BCUT2D eigenvalue weighted by Gasteiger charge is 2.23. The number of unbranched alkanes of at least 4 members (excludes halogenated alkanes) is 1. The van der Waals surface area contributed by atoms with Crippen LogP contribution < -0.4 is 5.11 Å². The van der Waals surface area contributed by atoms with Crippen LogP contribution in [0.25, 0.3) is 0 Å². The Morgan fingerprint density at radius 2 is 1.54 bits per heavy atom. The summed E-state index contributed by atoms with van der Waals surface area (Å²) >= 11 is 0. The van der Waals surface area contributed by atoms with E-state index in [1.165, 1.54) is 0 Å². The largest absolute Gasteiger partial charge is 0.550 e. The standard InChI is InChI=1S/C18H24O6/c1-18(2,12-23-16(21)11-7-6-10-15(19)20)13-24-17(22)14-8-4-3-5-9-14/h3-5,8-9H,6-7,10-13H2,1-2H3,(H,19,20)/p-1. The molecule has 1 aromatic rings. The van der Waals surface area contributed by atoms with E-state index in [2.05, 4.69) is 0 Å². The van der Waals surface area contributed by atoms with Gasteiger partial charge in [-0.2, -0.15) is 0 Å². The number of carboxylic acids is 1. The molecular weight excluding hydrogens is 312 g/mol. The number of carbonyl (C=O) groups is 3. The Hall–Kier alpha value is -2.37. The predicted octanol–water partition coefficient (Wildman–Crippen LogP) is 1.72. The van der Waals surface area contributed by atoms with Crippen molar-refractivity contribution in [2.24, 2.45) is 5.41 Å². The molecule has 132 valence electrons. The van der Waals surface area contributed by atoms with Crippen LogP contribution in [0.3, 0.4) is 0 Å². The SMILES string of the molecule is CC(C)(COC(=O)CCCCC(=O)[O-])COC(=O)c1ccccc1. The van der Waals surface area contributed by atoms with E-state index in [1.807, 2.05) is 19.9 Å². The summed E-state index contributed by atoms with van der Waals surface area (Å²) in [4.78, 5) is 33.7. The molecule has 0 radical (unpaired) electrons. The average molecular weight is 335 g/mol. The van der Waals surface area contributed by atoms with E-state index < -0.39 is 23.3 Å². The van der Waals surface area contributed by atoms with Crippen LogP contribution in [0, 0.1) is 5.41 Å². The third-order valence-electron chi connectivity index (χ3n) is 3.24. The summed E-state index contributed by atoms with van der Waals surface area (Å²) in [6.45, 7) is 3.90. The maximum Gasteiger partial charge on any atom is 0.338 e. The minimum atomic E-state index is -1.12. The van der Waals surface area contributed by atoms with Crippen LogP contribution in [-0.2, 0) is 19.1 Å². The van der Waals surface area contributed by atoms with Crippen molar-refractivity contribution in [3.63, 3.8) is 0 Å². The number of hydrogen-bond acceptors (Lipinski definition) is 6. The summed E-state index contributed by atoms with van der Waals surface area (Å²) in [5.41, 5.74) is -0.0383. The van der Waals surface area contributed by atoms with Crippen molar-refractivity contribution in [3.05, 3.63) is 35.9 Å². The van der Waals surface area contributed by atoms with E-state index in [0.717, 1.165) is 0 Å². The molecule has 0 amide bonds. The molecule has 1 rings (SSSR count). The summed E-state index contributed by atoms with van der Waals surface area (Å²) in [6.07, 6.45) is 0.924. The Morgan fingerprint density at radius 3 is 2.17 bits per heavy atom. The molecule has 0 aliphatic heterocycles. The molecule has 0 saturated heterocycles. The van der Waals surface area contributed by atoms with E-state index in [9.17, 15) is 19.5 Å². The molecule has 6 nitrogen and oxygen atoms in total. The lowest BCUT2D eigenvalue weighted by molar-refractivity contribution is -0.305. The van der Waals surface area contributed by atoms with Crippen LogP contribution in [0.2, 0.25) is 0 Å². The van der Waals surface area contributed by atoms with Crippen LogP contribution in [0.15, 0.2) is 30.3 Å². The monoisotopic (exact) mass is 335 g/mol. The minimum Gasteiger partial charge on any atom is -0.550 e. The Bertz CT molecular complexity index is 550. The molecule has 24 heavy (non-hydrogen) atoms. The maximum atomic E-state index is 11.9. The molecule has 0 heterocycles. The van der Waals surface area contributed by atoms with E-state index in [1.54, 1.807) is 24.3 Å². The number of ether oxygens (including phenoxy) is 2. The Morgan fingerprint density at radius 1 is 0.958 bits per heavy atom. The molecule has 0 fully saturated rings. The number of carbonyl (C=O) groups excluding carboxylic acids is 3. The number of aliphatic carboxylic acids is 1. The van der Waals surface area contributed by atoms with Crippen molar-refractivity contribution in [1.29, 1.82) is 0 Å². The van der Waals surface area contributed by atoms with Gasteiger partial charge in [0.25, 0.3) is 0 Å². The third-order valence-corrected chi connectivity index (χ3v) is 3.24. The number of carboxylic acid groups (broad SMARTS) is 1. The van der Waals surface area contributed by atoms with Crippen molar-refractivity contribution in [3.8, 4) is 0 Å². The molecule has 0 aliphatic carbocycles. The quantitative estimate of drug-likeness (QED) is 0.477. The molecule has 1 aromatic carbocycles. The van der Waals surface area contributed by atoms with E-state index in [0.29, 0.717) is 18.4 Å². The van der Waals surface area contributed by atoms with Gasteiger partial charge in [0.2, 0.25) is 0 Å². The van der Waals surface area contributed by atoms with E-state index >= 15 is 0 Å². The van der Waals surface area contributed by atoms with Gasteiger partial charge in [-0.1, -0.05) is 32.0 Å². The molecular formula is C18H23O6-. The second-order valence-corrected chi connectivity index (χ2v) is 6.35. The fourth-order valence-corrected chi connectivity index (χ4v) is 1.85. The molecule has 0 unspecified atom stereocenters. The van der Waals surface area contributed by atoms with Gasteiger partial charge in [-0.25, -0.2) is 4.79 Å².